The van der Waals surface area contributed by atoms with E-state index in [0.29, 0.717) is 16.7 Å². The number of carbonyl (C=O) groups excluding carboxylic acids is 1. The highest BCUT2D eigenvalue weighted by Crippen LogP contribution is 2.37. The van der Waals surface area contributed by atoms with E-state index in [1.165, 1.54) is 0 Å². The highest BCUT2D eigenvalue weighted by molar-refractivity contribution is 6.35. The van der Waals surface area contributed by atoms with Crippen LogP contribution in [-0.4, -0.2) is 31.2 Å². The fourth-order valence-corrected chi connectivity index (χ4v) is 1.88. The largest absolute Gasteiger partial charge is 0.466 e. The van der Waals surface area contributed by atoms with Gasteiger partial charge in [-0.2, -0.15) is 22.0 Å². The number of hydrogen-bond acceptors (Lipinski definition) is 4. The first-order chi connectivity index (χ1) is 11.4. The minimum Gasteiger partial charge on any atom is -0.466 e. The molecular weight excluding hydrogens is 394 g/mol. The van der Waals surface area contributed by atoms with Crippen molar-refractivity contribution in [3.8, 4) is 0 Å². The molecule has 0 heterocycles. The lowest BCUT2D eigenvalue weighted by Gasteiger charge is -2.18. The Morgan fingerprint density at radius 2 is 1.84 bits per heavy atom. The lowest BCUT2D eigenvalue weighted by molar-refractivity contribution is -0.283. The van der Waals surface area contributed by atoms with E-state index in [9.17, 15) is 26.7 Å². The number of halogens is 7. The van der Waals surface area contributed by atoms with Gasteiger partial charge in [0.15, 0.2) is 0 Å². The third-order valence-corrected chi connectivity index (χ3v) is 3.24. The number of ether oxygens (including phenoxy) is 1. The van der Waals surface area contributed by atoms with Crippen LogP contribution in [0.2, 0.25) is 10.0 Å². The van der Waals surface area contributed by atoms with E-state index in [2.05, 4.69) is 5.84 Å². The minimum absolute atomic E-state index is 0.184. The van der Waals surface area contributed by atoms with Crippen molar-refractivity contribution in [2.75, 3.05) is 13.2 Å². The van der Waals surface area contributed by atoms with Gasteiger partial charge in [0.25, 0.3) is 0 Å². The first kappa shape index (κ1) is 23.8. The van der Waals surface area contributed by atoms with Crippen molar-refractivity contribution in [1.29, 1.82) is 0 Å². The molecule has 1 aromatic rings. The average molecular weight is 411 g/mol. The molecule has 0 spiro atoms. The lowest BCUT2D eigenvalue weighted by Crippen LogP contribution is -2.40. The Labute approximate surface area is 151 Å². The molecule has 0 aromatic heterocycles. The van der Waals surface area contributed by atoms with Crippen molar-refractivity contribution < 1.29 is 31.5 Å². The maximum Gasteiger partial charge on any atom is 0.453 e. The Morgan fingerprint density at radius 3 is 2.28 bits per heavy atom. The van der Waals surface area contributed by atoms with Crippen LogP contribution in [0.4, 0.5) is 22.0 Å². The molecule has 0 aliphatic heterocycles. The summed E-state index contributed by atoms with van der Waals surface area (Å²) in [7, 11) is 0. The van der Waals surface area contributed by atoms with Crippen molar-refractivity contribution in [3.05, 3.63) is 33.8 Å². The Balaban J connectivity index is 0.000000477. The van der Waals surface area contributed by atoms with Gasteiger partial charge in [-0.15, -0.1) is 0 Å². The summed E-state index contributed by atoms with van der Waals surface area (Å²) in [4.78, 5) is 11.1. The molecule has 0 amide bonds. The molecule has 0 saturated carbocycles. The van der Waals surface area contributed by atoms with Gasteiger partial charge in [-0.3, -0.25) is 16.1 Å². The van der Waals surface area contributed by atoms with E-state index in [1.807, 2.05) is 0 Å². The van der Waals surface area contributed by atoms with Crippen LogP contribution in [0.3, 0.4) is 0 Å². The summed E-state index contributed by atoms with van der Waals surface area (Å²) in [6.45, 7) is 1.57. The standard InChI is InChI=1S/C10H10Cl2O2.C4H7F5N2/c1-2-14-10(13)5-7-3-4-8(11)6-9(7)12;5-3(6,1-2-11-10)4(7,8)9/h3-4,6H,2,5H2,1H3;11H,1-2,10H2. The van der Waals surface area contributed by atoms with Gasteiger partial charge in [-0.05, 0) is 24.6 Å². The minimum atomic E-state index is -5.48. The van der Waals surface area contributed by atoms with E-state index in [1.54, 1.807) is 30.5 Å². The molecule has 1 aromatic carbocycles. The Hall–Kier alpha value is -1.16. The lowest BCUT2D eigenvalue weighted by atomic mass is 10.1. The molecule has 0 bridgehead atoms. The molecule has 0 radical (unpaired) electrons. The molecule has 25 heavy (non-hydrogen) atoms. The molecular formula is C14H17Cl2F5N2O2. The first-order valence-electron chi connectivity index (χ1n) is 6.92. The highest BCUT2D eigenvalue weighted by Gasteiger charge is 2.56. The summed E-state index contributed by atoms with van der Waals surface area (Å²) in [5.41, 5.74) is 2.45. The van der Waals surface area contributed by atoms with Gasteiger partial charge in [-0.1, -0.05) is 29.3 Å². The van der Waals surface area contributed by atoms with Crippen LogP contribution in [0.5, 0.6) is 0 Å². The molecule has 11 heteroatoms. The van der Waals surface area contributed by atoms with E-state index in [0.717, 1.165) is 5.56 Å². The second-order valence-corrected chi connectivity index (χ2v) is 5.47. The van der Waals surface area contributed by atoms with Crippen molar-refractivity contribution in [2.45, 2.75) is 31.9 Å². The van der Waals surface area contributed by atoms with Crippen LogP contribution < -0.4 is 11.3 Å². The second kappa shape index (κ2) is 10.7. The van der Waals surface area contributed by atoms with Crippen molar-refractivity contribution in [3.63, 3.8) is 0 Å². The number of carbonyl (C=O) groups is 1. The molecule has 0 atom stereocenters. The fourth-order valence-electron chi connectivity index (χ4n) is 1.40. The predicted molar refractivity (Wildman–Crippen MR) is 84.6 cm³/mol. The number of rotatable bonds is 6. The van der Waals surface area contributed by atoms with E-state index < -0.39 is 25.1 Å². The van der Waals surface area contributed by atoms with Gasteiger partial charge < -0.3 is 4.74 Å². The number of benzene rings is 1. The predicted octanol–water partition coefficient (Wildman–Crippen LogP) is 4.14. The van der Waals surface area contributed by atoms with Gasteiger partial charge >= 0.3 is 18.1 Å². The molecule has 1 rings (SSSR count). The topological polar surface area (TPSA) is 64.3 Å². The monoisotopic (exact) mass is 410 g/mol. The number of nitrogens with two attached hydrogens (primary N) is 1. The number of alkyl halides is 5. The van der Waals surface area contributed by atoms with Gasteiger partial charge in [0.2, 0.25) is 0 Å². The molecule has 0 fully saturated rings. The van der Waals surface area contributed by atoms with E-state index in [-0.39, 0.29) is 12.4 Å². The number of hydrazine groups is 1. The zero-order chi connectivity index (χ0) is 19.7. The van der Waals surface area contributed by atoms with Crippen molar-refractivity contribution in [2.24, 2.45) is 5.84 Å². The van der Waals surface area contributed by atoms with Crippen molar-refractivity contribution in [1.82, 2.24) is 5.43 Å². The van der Waals surface area contributed by atoms with E-state index >= 15 is 0 Å². The van der Waals surface area contributed by atoms with Gasteiger partial charge in [0.05, 0.1) is 13.0 Å². The SMILES string of the molecule is CCOC(=O)Cc1ccc(Cl)cc1Cl.NNCCC(F)(F)C(F)(F)F. The Morgan fingerprint density at radius 1 is 1.24 bits per heavy atom. The highest BCUT2D eigenvalue weighted by atomic mass is 35.5. The third-order valence-electron chi connectivity index (χ3n) is 2.65. The van der Waals surface area contributed by atoms with Gasteiger partial charge in [0.1, 0.15) is 0 Å². The van der Waals surface area contributed by atoms with Crippen LogP contribution in [0.15, 0.2) is 18.2 Å². The maximum absolute atomic E-state index is 11.9. The van der Waals surface area contributed by atoms with Crippen LogP contribution in [0.25, 0.3) is 0 Å². The summed E-state index contributed by atoms with van der Waals surface area (Å²) < 4.78 is 62.6. The molecule has 0 aliphatic carbocycles. The molecule has 3 N–H and O–H groups in total. The Bertz CT molecular complexity index is 557. The maximum atomic E-state index is 11.9. The number of hydrogen-bond donors (Lipinski definition) is 2. The molecule has 0 aliphatic rings. The molecule has 144 valence electrons. The Kier molecular flexibility index (Phi) is 10.2. The van der Waals surface area contributed by atoms with Gasteiger partial charge in [0, 0.05) is 23.0 Å². The summed E-state index contributed by atoms with van der Waals surface area (Å²) in [6, 6.07) is 5.03. The quantitative estimate of drug-likeness (QED) is 0.320. The zero-order valence-electron chi connectivity index (χ0n) is 13.1. The van der Waals surface area contributed by atoms with Crippen LogP contribution in [-0.2, 0) is 16.0 Å². The van der Waals surface area contributed by atoms with Crippen LogP contribution >= 0.6 is 23.2 Å². The normalized spacial score (nSPS) is 11.6. The summed E-state index contributed by atoms with van der Waals surface area (Å²) in [5, 5.41) is 1.05. The van der Waals surface area contributed by atoms with Crippen LogP contribution in [0.1, 0.15) is 18.9 Å². The first-order valence-corrected chi connectivity index (χ1v) is 7.67. The fraction of sp³-hybridized carbons (Fsp3) is 0.500. The summed E-state index contributed by atoms with van der Waals surface area (Å²) in [6.07, 6.45) is -6.64. The third kappa shape index (κ3) is 9.20. The van der Waals surface area contributed by atoms with Crippen molar-refractivity contribution >= 4 is 29.2 Å². The number of esters is 1. The van der Waals surface area contributed by atoms with E-state index in [4.69, 9.17) is 27.9 Å². The smallest absolute Gasteiger partial charge is 0.453 e. The second-order valence-electron chi connectivity index (χ2n) is 4.62. The zero-order valence-corrected chi connectivity index (χ0v) is 14.6. The molecule has 0 unspecified atom stereocenters. The molecule has 4 nitrogen and oxygen atoms in total. The van der Waals surface area contributed by atoms with Gasteiger partial charge in [-0.25, -0.2) is 0 Å². The summed E-state index contributed by atoms with van der Waals surface area (Å²) in [5.74, 6) is -0.406. The number of nitrogens with one attached hydrogen (secondary N) is 1. The average Bonchev–Trinajstić information content (AvgIpc) is 2.48. The summed E-state index contributed by atoms with van der Waals surface area (Å²) >= 11 is 11.6. The molecule has 0 saturated heterocycles. The van der Waals surface area contributed by atoms with Crippen LogP contribution in [0, 0.1) is 0 Å².